The minimum absolute atomic E-state index is 0.0474. The van der Waals surface area contributed by atoms with Crippen LogP contribution in [0.15, 0.2) is 61.1 Å². The summed E-state index contributed by atoms with van der Waals surface area (Å²) < 4.78 is 7.45. The predicted molar refractivity (Wildman–Crippen MR) is 123 cm³/mol. The van der Waals surface area contributed by atoms with Crippen LogP contribution in [0.2, 0.25) is 0 Å². The van der Waals surface area contributed by atoms with Crippen LogP contribution in [0.25, 0.3) is 16.9 Å². The fraction of sp³-hybridized carbons (Fsp3) is 0.208. The molecule has 0 bridgehead atoms. The Balaban J connectivity index is 1.53. The molecule has 0 atom stereocenters. The smallest absolute Gasteiger partial charge is 0.226 e. The quantitative estimate of drug-likeness (QED) is 0.466. The summed E-state index contributed by atoms with van der Waals surface area (Å²) in [6.07, 6.45) is 5.58. The summed E-state index contributed by atoms with van der Waals surface area (Å²) in [5.41, 5.74) is 5.39. The van der Waals surface area contributed by atoms with Gasteiger partial charge >= 0.3 is 0 Å². The molecule has 0 aliphatic rings. The Labute approximate surface area is 181 Å². The number of hydrogen-bond acceptors (Lipinski definition) is 5. The molecule has 0 fully saturated rings. The number of nitrogens with one attached hydrogen (secondary N) is 2. The number of hydrogen-bond donors (Lipinski definition) is 2. The number of anilines is 2. The second-order valence-electron chi connectivity index (χ2n) is 7.36. The summed E-state index contributed by atoms with van der Waals surface area (Å²) in [6, 6.07) is 13.7. The highest BCUT2D eigenvalue weighted by molar-refractivity contribution is 5.92. The van der Waals surface area contributed by atoms with E-state index in [9.17, 15) is 4.79 Å². The van der Waals surface area contributed by atoms with Crippen molar-refractivity contribution in [1.29, 1.82) is 0 Å². The standard InChI is InChI=1S/C24H25N5O2/c1-16-8-9-19(17(2)14-16)27-22(30)10-11-26-24-23(18-6-4-5-7-20(18)31-3)28-21-15-25-12-13-29(21)24/h4-9,12-15,26H,10-11H2,1-3H3,(H,27,30). The zero-order valence-electron chi connectivity index (χ0n) is 17.8. The Kier molecular flexibility index (Phi) is 5.84. The summed E-state index contributed by atoms with van der Waals surface area (Å²) in [5, 5.41) is 6.37. The number of aromatic nitrogens is 3. The van der Waals surface area contributed by atoms with E-state index in [0.717, 1.165) is 34.1 Å². The molecule has 0 saturated heterocycles. The topological polar surface area (TPSA) is 80.6 Å². The van der Waals surface area contributed by atoms with E-state index in [1.165, 1.54) is 5.56 Å². The summed E-state index contributed by atoms with van der Waals surface area (Å²) >= 11 is 0. The number of imidazole rings is 1. The van der Waals surface area contributed by atoms with Crippen molar-refractivity contribution in [3.8, 4) is 17.0 Å². The van der Waals surface area contributed by atoms with Crippen LogP contribution in [0, 0.1) is 13.8 Å². The largest absolute Gasteiger partial charge is 0.496 e. The maximum absolute atomic E-state index is 12.5. The Morgan fingerprint density at radius 1 is 1.16 bits per heavy atom. The molecule has 7 heteroatoms. The van der Waals surface area contributed by atoms with Gasteiger partial charge in [-0.25, -0.2) is 4.98 Å². The van der Waals surface area contributed by atoms with E-state index in [-0.39, 0.29) is 5.91 Å². The van der Waals surface area contributed by atoms with E-state index < -0.39 is 0 Å². The van der Waals surface area contributed by atoms with Crippen LogP contribution in [-0.4, -0.2) is 33.9 Å². The second kappa shape index (κ2) is 8.87. The molecule has 2 heterocycles. The summed E-state index contributed by atoms with van der Waals surface area (Å²) in [6.45, 7) is 4.48. The number of carbonyl (C=O) groups excluding carboxylic acids is 1. The fourth-order valence-corrected chi connectivity index (χ4v) is 3.56. The number of amides is 1. The first-order chi connectivity index (χ1) is 15.1. The number of nitrogens with zero attached hydrogens (tertiary/aromatic N) is 3. The molecule has 7 nitrogen and oxygen atoms in total. The van der Waals surface area contributed by atoms with Gasteiger partial charge in [0.25, 0.3) is 0 Å². The van der Waals surface area contributed by atoms with Crippen molar-refractivity contribution in [2.45, 2.75) is 20.3 Å². The highest BCUT2D eigenvalue weighted by atomic mass is 16.5. The first-order valence-electron chi connectivity index (χ1n) is 10.1. The van der Waals surface area contributed by atoms with Crippen molar-refractivity contribution < 1.29 is 9.53 Å². The molecule has 0 saturated carbocycles. The van der Waals surface area contributed by atoms with Crippen LogP contribution in [-0.2, 0) is 4.79 Å². The van der Waals surface area contributed by atoms with Crippen molar-refractivity contribution in [2.75, 3.05) is 24.3 Å². The average molecular weight is 415 g/mol. The number of para-hydroxylation sites is 1. The monoisotopic (exact) mass is 415 g/mol. The van der Waals surface area contributed by atoms with Gasteiger partial charge in [0.05, 0.1) is 13.3 Å². The van der Waals surface area contributed by atoms with Crippen LogP contribution < -0.4 is 15.4 Å². The van der Waals surface area contributed by atoms with Crippen molar-refractivity contribution >= 4 is 23.1 Å². The third-order valence-electron chi connectivity index (χ3n) is 5.09. The molecule has 0 spiro atoms. The number of benzene rings is 2. The molecule has 158 valence electrons. The first kappa shape index (κ1) is 20.4. The van der Waals surface area contributed by atoms with Gasteiger partial charge in [-0.05, 0) is 37.6 Å². The van der Waals surface area contributed by atoms with Crippen molar-refractivity contribution in [3.63, 3.8) is 0 Å². The number of rotatable bonds is 7. The molecule has 4 rings (SSSR count). The lowest BCUT2D eigenvalue weighted by atomic mass is 10.1. The van der Waals surface area contributed by atoms with E-state index in [4.69, 9.17) is 9.72 Å². The highest BCUT2D eigenvalue weighted by Gasteiger charge is 2.17. The van der Waals surface area contributed by atoms with E-state index in [2.05, 4.69) is 21.7 Å². The van der Waals surface area contributed by atoms with Crippen molar-refractivity contribution in [1.82, 2.24) is 14.4 Å². The molecule has 1 amide bonds. The Morgan fingerprint density at radius 3 is 2.81 bits per heavy atom. The van der Waals surface area contributed by atoms with Gasteiger partial charge in [0.15, 0.2) is 5.65 Å². The Bertz CT molecular complexity index is 1230. The number of aryl methyl sites for hydroxylation is 2. The average Bonchev–Trinajstić information content (AvgIpc) is 3.14. The normalized spacial score (nSPS) is 10.8. The van der Waals surface area contributed by atoms with Crippen molar-refractivity contribution in [3.05, 3.63) is 72.2 Å². The van der Waals surface area contributed by atoms with Gasteiger partial charge in [0.1, 0.15) is 17.3 Å². The minimum atomic E-state index is -0.0474. The summed E-state index contributed by atoms with van der Waals surface area (Å²) in [7, 11) is 1.64. The Hall–Kier alpha value is -3.87. The number of ether oxygens (including phenoxy) is 1. The molecule has 0 radical (unpaired) electrons. The molecule has 31 heavy (non-hydrogen) atoms. The summed E-state index contributed by atoms with van der Waals surface area (Å²) in [4.78, 5) is 21.4. The lowest BCUT2D eigenvalue weighted by Crippen LogP contribution is -2.17. The molecule has 2 aromatic carbocycles. The second-order valence-corrected chi connectivity index (χ2v) is 7.36. The predicted octanol–water partition coefficient (Wildman–Crippen LogP) is 4.46. The fourth-order valence-electron chi connectivity index (χ4n) is 3.56. The molecule has 0 aliphatic carbocycles. The SMILES string of the molecule is COc1ccccc1-c1nc2cnccn2c1NCCC(=O)Nc1ccc(C)cc1C. The number of methoxy groups -OCH3 is 1. The third-order valence-corrected chi connectivity index (χ3v) is 5.09. The number of fused-ring (bicyclic) bond motifs is 1. The van der Waals surface area contributed by atoms with Crippen LogP contribution in [0.3, 0.4) is 0 Å². The molecule has 0 aliphatic heterocycles. The molecular weight excluding hydrogens is 390 g/mol. The zero-order valence-corrected chi connectivity index (χ0v) is 17.8. The van der Waals surface area contributed by atoms with Crippen LogP contribution in [0.4, 0.5) is 11.5 Å². The molecule has 2 aromatic heterocycles. The van der Waals surface area contributed by atoms with E-state index in [1.807, 2.05) is 60.8 Å². The molecule has 0 unspecified atom stereocenters. The third kappa shape index (κ3) is 4.35. The minimum Gasteiger partial charge on any atom is -0.496 e. The maximum atomic E-state index is 12.5. The highest BCUT2D eigenvalue weighted by Crippen LogP contribution is 2.34. The van der Waals surface area contributed by atoms with Gasteiger partial charge in [-0.2, -0.15) is 0 Å². The lowest BCUT2D eigenvalue weighted by molar-refractivity contribution is -0.115. The van der Waals surface area contributed by atoms with Gasteiger partial charge in [0, 0.05) is 36.6 Å². The van der Waals surface area contributed by atoms with Gasteiger partial charge in [0.2, 0.25) is 5.91 Å². The Morgan fingerprint density at radius 2 is 2.00 bits per heavy atom. The van der Waals surface area contributed by atoms with Gasteiger partial charge in [-0.15, -0.1) is 0 Å². The number of carbonyl (C=O) groups is 1. The zero-order chi connectivity index (χ0) is 21.8. The van der Waals surface area contributed by atoms with Crippen LogP contribution in [0.5, 0.6) is 5.75 Å². The van der Waals surface area contributed by atoms with E-state index >= 15 is 0 Å². The van der Waals surface area contributed by atoms with Gasteiger partial charge < -0.3 is 15.4 Å². The van der Waals surface area contributed by atoms with E-state index in [0.29, 0.717) is 18.6 Å². The van der Waals surface area contributed by atoms with Crippen LogP contribution in [0.1, 0.15) is 17.5 Å². The lowest BCUT2D eigenvalue weighted by Gasteiger charge is -2.12. The maximum Gasteiger partial charge on any atom is 0.226 e. The molecule has 4 aromatic rings. The van der Waals surface area contributed by atoms with Crippen LogP contribution >= 0.6 is 0 Å². The molecular formula is C24H25N5O2. The van der Waals surface area contributed by atoms with Gasteiger partial charge in [-0.3, -0.25) is 14.2 Å². The van der Waals surface area contributed by atoms with E-state index in [1.54, 1.807) is 19.5 Å². The first-order valence-corrected chi connectivity index (χ1v) is 10.1. The summed E-state index contributed by atoms with van der Waals surface area (Å²) in [5.74, 6) is 1.48. The molecule has 2 N–H and O–H groups in total. The van der Waals surface area contributed by atoms with Gasteiger partial charge in [-0.1, -0.05) is 29.8 Å². The van der Waals surface area contributed by atoms with Crippen molar-refractivity contribution in [2.24, 2.45) is 0 Å².